The van der Waals surface area contributed by atoms with Gasteiger partial charge in [0.1, 0.15) is 13.2 Å². The minimum Gasteiger partial charge on any atom is -0.486 e. The van der Waals surface area contributed by atoms with Crippen molar-refractivity contribution in [1.82, 2.24) is 5.32 Å². The molecule has 1 aliphatic heterocycles. The van der Waals surface area contributed by atoms with E-state index in [1.54, 1.807) is 0 Å². The summed E-state index contributed by atoms with van der Waals surface area (Å²) in [6, 6.07) is 3.97. The van der Waals surface area contributed by atoms with Gasteiger partial charge in [-0.15, -0.1) is 0 Å². The molecule has 0 radical (unpaired) electrons. The molecule has 0 unspecified atom stereocenters. The van der Waals surface area contributed by atoms with Gasteiger partial charge in [0, 0.05) is 6.54 Å². The molecule has 3 rings (SSSR count). The second-order valence-corrected chi connectivity index (χ2v) is 5.08. The zero-order valence-electron chi connectivity index (χ0n) is 9.67. The number of hydrogen-bond donors (Lipinski definition) is 1. The van der Waals surface area contributed by atoms with Gasteiger partial charge in [0.2, 0.25) is 0 Å². The first-order valence-electron chi connectivity index (χ1n) is 6.11. The van der Waals surface area contributed by atoms with Crippen LogP contribution in [0.3, 0.4) is 0 Å². The Balaban J connectivity index is 1.68. The molecule has 1 aromatic carbocycles. The van der Waals surface area contributed by atoms with Crippen LogP contribution in [0.5, 0.6) is 11.5 Å². The quantitative estimate of drug-likeness (QED) is 0.895. The number of fused-ring (bicyclic) bond motifs is 1. The smallest absolute Gasteiger partial charge is 0.179 e. The second kappa shape index (κ2) is 4.75. The third-order valence-electron chi connectivity index (χ3n) is 3.12. The molecule has 1 saturated carbocycles. The highest BCUT2D eigenvalue weighted by Crippen LogP contribution is 2.38. The van der Waals surface area contributed by atoms with Crippen LogP contribution in [0.25, 0.3) is 0 Å². The van der Waals surface area contributed by atoms with Crippen LogP contribution in [0, 0.1) is 5.92 Å². The zero-order valence-corrected chi connectivity index (χ0v) is 10.4. The Morgan fingerprint density at radius 2 is 2.06 bits per heavy atom. The lowest BCUT2D eigenvalue weighted by Crippen LogP contribution is -2.18. The summed E-state index contributed by atoms with van der Waals surface area (Å²) < 4.78 is 11.0. The van der Waals surface area contributed by atoms with Gasteiger partial charge in [-0.1, -0.05) is 11.6 Å². The molecule has 1 aliphatic carbocycles. The monoisotopic (exact) mass is 253 g/mol. The van der Waals surface area contributed by atoms with Crippen molar-refractivity contribution in [3.8, 4) is 11.5 Å². The molecule has 17 heavy (non-hydrogen) atoms. The van der Waals surface area contributed by atoms with Gasteiger partial charge in [-0.05, 0) is 43.0 Å². The minimum atomic E-state index is 0.575. The van der Waals surface area contributed by atoms with Crippen LogP contribution in [0.2, 0.25) is 5.02 Å². The van der Waals surface area contributed by atoms with E-state index in [2.05, 4.69) is 5.32 Å². The fraction of sp³-hybridized carbons (Fsp3) is 0.538. The normalized spacial score (nSPS) is 18.2. The molecule has 2 aliphatic rings. The zero-order chi connectivity index (χ0) is 11.7. The number of halogens is 1. The SMILES string of the molecule is Clc1cc(CNCC2CC2)cc2c1OCCO2. The maximum absolute atomic E-state index is 6.17. The van der Waals surface area contributed by atoms with Crippen molar-refractivity contribution < 1.29 is 9.47 Å². The highest BCUT2D eigenvalue weighted by Gasteiger charge is 2.20. The van der Waals surface area contributed by atoms with Crippen LogP contribution in [-0.4, -0.2) is 19.8 Å². The Hall–Kier alpha value is -0.930. The first-order valence-corrected chi connectivity index (χ1v) is 6.49. The highest BCUT2D eigenvalue weighted by molar-refractivity contribution is 6.32. The molecule has 1 fully saturated rings. The second-order valence-electron chi connectivity index (χ2n) is 4.68. The Morgan fingerprint density at radius 1 is 1.24 bits per heavy atom. The van der Waals surface area contributed by atoms with E-state index in [9.17, 15) is 0 Å². The summed E-state index contributed by atoms with van der Waals surface area (Å²) in [4.78, 5) is 0. The van der Waals surface area contributed by atoms with Gasteiger partial charge < -0.3 is 14.8 Å². The number of ether oxygens (including phenoxy) is 2. The predicted molar refractivity (Wildman–Crippen MR) is 66.9 cm³/mol. The Morgan fingerprint density at radius 3 is 2.88 bits per heavy atom. The predicted octanol–water partition coefficient (Wildman–Crippen LogP) is 2.61. The summed E-state index contributed by atoms with van der Waals surface area (Å²) in [6.07, 6.45) is 2.74. The summed E-state index contributed by atoms with van der Waals surface area (Å²) in [5, 5.41) is 4.09. The van der Waals surface area contributed by atoms with Gasteiger partial charge >= 0.3 is 0 Å². The highest BCUT2D eigenvalue weighted by atomic mass is 35.5. The van der Waals surface area contributed by atoms with E-state index >= 15 is 0 Å². The molecule has 0 aromatic heterocycles. The number of nitrogens with one attached hydrogen (secondary N) is 1. The van der Waals surface area contributed by atoms with Gasteiger partial charge in [-0.2, -0.15) is 0 Å². The fourth-order valence-corrected chi connectivity index (χ4v) is 2.30. The maximum Gasteiger partial charge on any atom is 0.179 e. The molecular weight excluding hydrogens is 238 g/mol. The summed E-state index contributed by atoms with van der Waals surface area (Å²) >= 11 is 6.17. The molecule has 1 N–H and O–H groups in total. The summed E-state index contributed by atoms with van der Waals surface area (Å²) in [5.41, 5.74) is 1.15. The van der Waals surface area contributed by atoms with Crippen molar-refractivity contribution in [1.29, 1.82) is 0 Å². The molecular formula is C13H16ClNO2. The molecule has 1 heterocycles. The van der Waals surface area contributed by atoms with E-state index < -0.39 is 0 Å². The topological polar surface area (TPSA) is 30.5 Å². The molecule has 3 nitrogen and oxygen atoms in total. The lowest BCUT2D eigenvalue weighted by molar-refractivity contribution is 0.171. The van der Waals surface area contributed by atoms with Crippen LogP contribution >= 0.6 is 11.6 Å². The van der Waals surface area contributed by atoms with E-state index in [-0.39, 0.29) is 0 Å². The van der Waals surface area contributed by atoms with E-state index in [0.29, 0.717) is 24.0 Å². The lowest BCUT2D eigenvalue weighted by atomic mass is 10.2. The standard InChI is InChI=1S/C13H16ClNO2/c14-11-5-10(8-15-7-9-1-2-9)6-12-13(11)17-4-3-16-12/h5-6,9,15H,1-4,7-8H2. The maximum atomic E-state index is 6.17. The third kappa shape index (κ3) is 2.67. The first-order chi connectivity index (χ1) is 8.33. The summed E-state index contributed by atoms with van der Waals surface area (Å²) in [5.74, 6) is 2.35. The van der Waals surface area contributed by atoms with Crippen molar-refractivity contribution in [3.05, 3.63) is 22.7 Å². The van der Waals surface area contributed by atoms with Crippen LogP contribution in [0.15, 0.2) is 12.1 Å². The first kappa shape index (κ1) is 11.2. The molecule has 4 heteroatoms. The Kier molecular flexibility index (Phi) is 3.12. The summed E-state index contributed by atoms with van der Waals surface area (Å²) in [7, 11) is 0. The van der Waals surface area contributed by atoms with Gasteiger partial charge in [0.05, 0.1) is 5.02 Å². The van der Waals surface area contributed by atoms with Crippen LogP contribution in [0.4, 0.5) is 0 Å². The van der Waals surface area contributed by atoms with Crippen LogP contribution in [0.1, 0.15) is 18.4 Å². The molecule has 92 valence electrons. The van der Waals surface area contributed by atoms with Crippen LogP contribution in [-0.2, 0) is 6.54 Å². The third-order valence-corrected chi connectivity index (χ3v) is 3.40. The number of hydrogen-bond acceptors (Lipinski definition) is 3. The molecule has 0 atom stereocenters. The molecule has 0 bridgehead atoms. The van der Waals surface area contributed by atoms with Crippen molar-refractivity contribution in [3.63, 3.8) is 0 Å². The average Bonchev–Trinajstić information content (AvgIpc) is 3.13. The molecule has 0 amide bonds. The van der Waals surface area contributed by atoms with Gasteiger partial charge in [-0.25, -0.2) is 0 Å². The van der Waals surface area contributed by atoms with Crippen molar-refractivity contribution in [2.24, 2.45) is 5.92 Å². The van der Waals surface area contributed by atoms with Gasteiger partial charge in [0.15, 0.2) is 11.5 Å². The Bertz CT molecular complexity index is 418. The van der Waals surface area contributed by atoms with E-state index in [0.717, 1.165) is 30.3 Å². The number of rotatable bonds is 4. The van der Waals surface area contributed by atoms with E-state index in [1.807, 2.05) is 12.1 Å². The molecule has 0 spiro atoms. The van der Waals surface area contributed by atoms with Crippen LogP contribution < -0.4 is 14.8 Å². The Labute approximate surface area is 106 Å². The van der Waals surface area contributed by atoms with Gasteiger partial charge in [0.25, 0.3) is 0 Å². The largest absolute Gasteiger partial charge is 0.486 e. The summed E-state index contributed by atoms with van der Waals surface area (Å²) in [6.45, 7) is 3.12. The van der Waals surface area contributed by atoms with E-state index in [4.69, 9.17) is 21.1 Å². The average molecular weight is 254 g/mol. The molecule has 0 saturated heterocycles. The van der Waals surface area contributed by atoms with E-state index in [1.165, 1.54) is 12.8 Å². The van der Waals surface area contributed by atoms with Gasteiger partial charge in [-0.3, -0.25) is 0 Å². The van der Waals surface area contributed by atoms with Crippen molar-refractivity contribution in [2.75, 3.05) is 19.8 Å². The minimum absolute atomic E-state index is 0.575. The number of benzene rings is 1. The van der Waals surface area contributed by atoms with Crippen molar-refractivity contribution >= 4 is 11.6 Å². The molecule has 1 aromatic rings. The van der Waals surface area contributed by atoms with Crippen molar-refractivity contribution in [2.45, 2.75) is 19.4 Å². The lowest BCUT2D eigenvalue weighted by Gasteiger charge is -2.20. The fourth-order valence-electron chi connectivity index (χ4n) is 2.01.